The summed E-state index contributed by atoms with van der Waals surface area (Å²) in [6.45, 7) is 4.80. The van der Waals surface area contributed by atoms with E-state index in [0.717, 1.165) is 24.8 Å². The molecule has 7 nitrogen and oxygen atoms in total. The number of carbonyl (C=O) groups is 3. The summed E-state index contributed by atoms with van der Waals surface area (Å²) in [5, 5.41) is 2.66. The van der Waals surface area contributed by atoms with E-state index in [1.54, 1.807) is 24.2 Å². The van der Waals surface area contributed by atoms with E-state index in [0.29, 0.717) is 19.6 Å². The molecular weight excluding hydrogens is 334 g/mol. The smallest absolute Gasteiger partial charge is 0.307 e. The van der Waals surface area contributed by atoms with Crippen molar-refractivity contribution in [2.75, 3.05) is 26.2 Å². The molecule has 7 heteroatoms. The molecule has 0 saturated carbocycles. The lowest BCUT2D eigenvalue weighted by molar-refractivity contribution is -0.143. The Morgan fingerprint density at radius 1 is 1.15 bits per heavy atom. The second-order valence-corrected chi connectivity index (χ2v) is 5.93. The van der Waals surface area contributed by atoms with Crippen molar-refractivity contribution in [2.24, 2.45) is 0 Å². The minimum atomic E-state index is -0.342. The Hall–Kier alpha value is -2.44. The first-order valence-corrected chi connectivity index (χ1v) is 9.15. The molecule has 0 bridgehead atoms. The van der Waals surface area contributed by atoms with Crippen molar-refractivity contribution < 1.29 is 19.1 Å². The Morgan fingerprint density at radius 2 is 1.88 bits per heavy atom. The van der Waals surface area contributed by atoms with Gasteiger partial charge in [0.15, 0.2) is 0 Å². The monoisotopic (exact) mass is 363 g/mol. The Balaban J connectivity index is 2.34. The van der Waals surface area contributed by atoms with Crippen LogP contribution in [0.2, 0.25) is 0 Å². The topological polar surface area (TPSA) is 88.6 Å². The van der Waals surface area contributed by atoms with Crippen LogP contribution in [0.15, 0.2) is 24.5 Å². The van der Waals surface area contributed by atoms with Crippen LogP contribution in [-0.2, 0) is 25.5 Å². The standard InChI is InChI=1S/C19H29N3O4/c1-3-14-22(15-17(23)21-13-10-19(25)26-4-2)18(24)7-5-6-16-8-11-20-12-9-16/h8-9,11-12H,3-7,10,13-15H2,1-2H3,(H,21,23). The number of esters is 1. The quantitative estimate of drug-likeness (QED) is 0.571. The lowest BCUT2D eigenvalue weighted by Crippen LogP contribution is -2.41. The van der Waals surface area contributed by atoms with E-state index in [-0.39, 0.29) is 37.3 Å². The number of nitrogens with one attached hydrogen (secondary N) is 1. The van der Waals surface area contributed by atoms with Crippen LogP contribution in [0.5, 0.6) is 0 Å². The maximum atomic E-state index is 12.4. The molecule has 0 spiro atoms. The van der Waals surface area contributed by atoms with Crippen LogP contribution in [0.1, 0.15) is 45.1 Å². The molecule has 0 radical (unpaired) electrons. The maximum absolute atomic E-state index is 12.4. The van der Waals surface area contributed by atoms with Crippen molar-refractivity contribution in [2.45, 2.75) is 46.0 Å². The van der Waals surface area contributed by atoms with Crippen molar-refractivity contribution in [3.63, 3.8) is 0 Å². The SMILES string of the molecule is CCCN(CC(=O)NCCC(=O)OCC)C(=O)CCCc1ccncc1. The predicted octanol–water partition coefficient (Wildman–Crippen LogP) is 1.71. The molecule has 0 atom stereocenters. The highest BCUT2D eigenvalue weighted by Gasteiger charge is 2.16. The number of aromatic nitrogens is 1. The van der Waals surface area contributed by atoms with Gasteiger partial charge in [0.1, 0.15) is 0 Å². The van der Waals surface area contributed by atoms with Gasteiger partial charge < -0.3 is 15.0 Å². The Kier molecular flexibility index (Phi) is 10.7. The molecule has 1 rings (SSSR count). The maximum Gasteiger partial charge on any atom is 0.307 e. The molecule has 0 aliphatic carbocycles. The zero-order chi connectivity index (χ0) is 19.2. The molecule has 1 heterocycles. The van der Waals surface area contributed by atoms with E-state index < -0.39 is 0 Å². The van der Waals surface area contributed by atoms with E-state index in [9.17, 15) is 14.4 Å². The Bertz CT molecular complexity index is 563. The van der Waals surface area contributed by atoms with Crippen LogP contribution in [0.4, 0.5) is 0 Å². The van der Waals surface area contributed by atoms with Gasteiger partial charge in [0, 0.05) is 31.9 Å². The number of hydrogen-bond donors (Lipinski definition) is 1. The number of hydrogen-bond acceptors (Lipinski definition) is 5. The van der Waals surface area contributed by atoms with Gasteiger partial charge in [0.2, 0.25) is 11.8 Å². The number of pyridine rings is 1. The lowest BCUT2D eigenvalue weighted by Gasteiger charge is -2.21. The molecule has 1 aromatic heterocycles. The Morgan fingerprint density at radius 3 is 2.54 bits per heavy atom. The van der Waals surface area contributed by atoms with Gasteiger partial charge in [-0.3, -0.25) is 19.4 Å². The van der Waals surface area contributed by atoms with Crippen molar-refractivity contribution >= 4 is 17.8 Å². The lowest BCUT2D eigenvalue weighted by atomic mass is 10.1. The molecule has 0 saturated heterocycles. The van der Waals surface area contributed by atoms with E-state index in [1.807, 2.05) is 19.1 Å². The average Bonchev–Trinajstić information content (AvgIpc) is 2.62. The third kappa shape index (κ3) is 9.15. The molecular formula is C19H29N3O4. The largest absolute Gasteiger partial charge is 0.466 e. The average molecular weight is 363 g/mol. The van der Waals surface area contributed by atoms with Gasteiger partial charge in [-0.2, -0.15) is 0 Å². The summed E-state index contributed by atoms with van der Waals surface area (Å²) < 4.78 is 4.80. The molecule has 1 N–H and O–H groups in total. The van der Waals surface area contributed by atoms with Crippen LogP contribution >= 0.6 is 0 Å². The number of aryl methyl sites for hydroxylation is 1. The molecule has 26 heavy (non-hydrogen) atoms. The van der Waals surface area contributed by atoms with Crippen LogP contribution in [0.25, 0.3) is 0 Å². The first-order valence-electron chi connectivity index (χ1n) is 9.15. The highest BCUT2D eigenvalue weighted by Crippen LogP contribution is 2.06. The number of nitrogens with zero attached hydrogens (tertiary/aromatic N) is 2. The fourth-order valence-corrected chi connectivity index (χ4v) is 2.48. The molecule has 0 unspecified atom stereocenters. The third-order valence-electron chi connectivity index (χ3n) is 3.74. The van der Waals surface area contributed by atoms with Crippen LogP contribution in [0, 0.1) is 0 Å². The summed E-state index contributed by atoms with van der Waals surface area (Å²) >= 11 is 0. The van der Waals surface area contributed by atoms with Crippen LogP contribution < -0.4 is 5.32 Å². The zero-order valence-electron chi connectivity index (χ0n) is 15.7. The first-order chi connectivity index (χ1) is 12.6. The van der Waals surface area contributed by atoms with E-state index in [1.165, 1.54) is 0 Å². The molecule has 2 amide bonds. The minimum absolute atomic E-state index is 0.0186. The predicted molar refractivity (Wildman–Crippen MR) is 98.3 cm³/mol. The molecule has 1 aromatic rings. The van der Waals surface area contributed by atoms with Gasteiger partial charge in [-0.1, -0.05) is 6.92 Å². The van der Waals surface area contributed by atoms with Crippen molar-refractivity contribution in [1.29, 1.82) is 0 Å². The second-order valence-electron chi connectivity index (χ2n) is 5.93. The number of ether oxygens (including phenoxy) is 1. The van der Waals surface area contributed by atoms with Gasteiger partial charge in [-0.15, -0.1) is 0 Å². The van der Waals surface area contributed by atoms with Crippen LogP contribution in [0.3, 0.4) is 0 Å². The molecule has 0 fully saturated rings. The van der Waals surface area contributed by atoms with Crippen molar-refractivity contribution in [1.82, 2.24) is 15.2 Å². The fraction of sp³-hybridized carbons (Fsp3) is 0.579. The number of amides is 2. The highest BCUT2D eigenvalue weighted by atomic mass is 16.5. The summed E-state index contributed by atoms with van der Waals surface area (Å²) in [4.78, 5) is 41.2. The number of rotatable bonds is 12. The van der Waals surface area contributed by atoms with Gasteiger partial charge in [0.25, 0.3) is 0 Å². The summed E-state index contributed by atoms with van der Waals surface area (Å²) in [5.41, 5.74) is 1.14. The van der Waals surface area contributed by atoms with Gasteiger partial charge >= 0.3 is 5.97 Å². The van der Waals surface area contributed by atoms with Crippen molar-refractivity contribution in [3.8, 4) is 0 Å². The second kappa shape index (κ2) is 12.9. The van der Waals surface area contributed by atoms with E-state index in [4.69, 9.17) is 4.74 Å². The fourth-order valence-electron chi connectivity index (χ4n) is 2.48. The van der Waals surface area contributed by atoms with Gasteiger partial charge in [-0.05, 0) is 43.9 Å². The summed E-state index contributed by atoms with van der Waals surface area (Å²) in [6.07, 6.45) is 6.33. The molecule has 144 valence electrons. The molecule has 0 aromatic carbocycles. The summed E-state index contributed by atoms with van der Waals surface area (Å²) in [5.74, 6) is -0.628. The van der Waals surface area contributed by atoms with Crippen LogP contribution in [-0.4, -0.2) is 53.9 Å². The van der Waals surface area contributed by atoms with Gasteiger partial charge in [0.05, 0.1) is 19.6 Å². The summed E-state index contributed by atoms with van der Waals surface area (Å²) in [7, 11) is 0. The summed E-state index contributed by atoms with van der Waals surface area (Å²) in [6, 6.07) is 3.87. The first kappa shape index (κ1) is 21.6. The van der Waals surface area contributed by atoms with Crippen molar-refractivity contribution in [3.05, 3.63) is 30.1 Å². The van der Waals surface area contributed by atoms with E-state index in [2.05, 4.69) is 10.3 Å². The Labute approximate surface area is 155 Å². The third-order valence-corrected chi connectivity index (χ3v) is 3.74. The zero-order valence-corrected chi connectivity index (χ0v) is 15.7. The van der Waals surface area contributed by atoms with Gasteiger partial charge in [-0.25, -0.2) is 0 Å². The molecule has 0 aliphatic heterocycles. The number of carbonyl (C=O) groups excluding carboxylic acids is 3. The normalized spacial score (nSPS) is 10.2. The van der Waals surface area contributed by atoms with E-state index >= 15 is 0 Å². The highest BCUT2D eigenvalue weighted by molar-refractivity contribution is 5.85. The molecule has 0 aliphatic rings. The minimum Gasteiger partial charge on any atom is -0.466 e.